The zero-order valence-electron chi connectivity index (χ0n) is 12.6. The van der Waals surface area contributed by atoms with E-state index in [-0.39, 0.29) is 6.04 Å². The summed E-state index contributed by atoms with van der Waals surface area (Å²) in [5.41, 5.74) is 3.83. The van der Waals surface area contributed by atoms with Gasteiger partial charge in [0.15, 0.2) is 0 Å². The fraction of sp³-hybridized carbons (Fsp3) is 0.467. The van der Waals surface area contributed by atoms with Crippen LogP contribution in [0.4, 0.5) is 0 Å². The summed E-state index contributed by atoms with van der Waals surface area (Å²) < 4.78 is 30.2. The maximum Gasteiger partial charge on any atom is 0.279 e. The molecule has 0 radical (unpaired) electrons. The number of hydrogen-bond acceptors (Lipinski definition) is 2. The van der Waals surface area contributed by atoms with Gasteiger partial charge in [-0.2, -0.15) is 17.4 Å². The molecule has 0 bridgehead atoms. The van der Waals surface area contributed by atoms with Crippen LogP contribution >= 0.6 is 0 Å². The molecule has 1 heterocycles. The van der Waals surface area contributed by atoms with Gasteiger partial charge in [0.2, 0.25) is 0 Å². The van der Waals surface area contributed by atoms with Crippen molar-refractivity contribution < 1.29 is 8.42 Å². The lowest BCUT2D eigenvalue weighted by molar-refractivity contribution is 0.462. The summed E-state index contributed by atoms with van der Waals surface area (Å²) in [5, 5.41) is 1.24. The van der Waals surface area contributed by atoms with Gasteiger partial charge in [-0.05, 0) is 30.9 Å². The molecule has 0 saturated heterocycles. The molecule has 0 fully saturated rings. The maximum atomic E-state index is 12.0. The lowest BCUT2D eigenvalue weighted by Crippen LogP contribution is -2.44. The lowest BCUT2D eigenvalue weighted by atomic mass is 9.92. The van der Waals surface area contributed by atoms with E-state index in [1.54, 1.807) is 14.1 Å². The molecule has 1 unspecified atom stereocenters. The van der Waals surface area contributed by atoms with E-state index < -0.39 is 10.2 Å². The van der Waals surface area contributed by atoms with Crippen molar-refractivity contribution in [1.82, 2.24) is 13.6 Å². The molecule has 2 aromatic rings. The largest absolute Gasteiger partial charge is 0.347 e. The second-order valence-corrected chi connectivity index (χ2v) is 7.76. The van der Waals surface area contributed by atoms with E-state index in [1.807, 2.05) is 12.1 Å². The Morgan fingerprint density at radius 3 is 2.71 bits per heavy atom. The molecule has 0 aliphatic heterocycles. The molecule has 1 aliphatic rings. The Balaban J connectivity index is 1.94. The van der Waals surface area contributed by atoms with Crippen molar-refractivity contribution in [2.45, 2.75) is 25.3 Å². The van der Waals surface area contributed by atoms with Gasteiger partial charge in [0, 0.05) is 43.8 Å². The molecular weight excluding hydrogens is 286 g/mol. The molecule has 1 N–H and O–H groups in total. The Morgan fingerprint density at radius 1 is 1.29 bits per heavy atom. The molecule has 0 amide bonds. The van der Waals surface area contributed by atoms with Crippen LogP contribution < -0.4 is 4.72 Å². The average Bonchev–Trinajstić information content (AvgIpc) is 2.72. The smallest absolute Gasteiger partial charge is 0.279 e. The zero-order valence-corrected chi connectivity index (χ0v) is 13.4. The Morgan fingerprint density at radius 2 is 2.00 bits per heavy atom. The van der Waals surface area contributed by atoms with E-state index in [2.05, 4.69) is 28.5 Å². The molecular formula is C15H21N3O2S. The van der Waals surface area contributed by atoms with E-state index in [9.17, 15) is 8.42 Å². The van der Waals surface area contributed by atoms with Crippen molar-refractivity contribution in [3.63, 3.8) is 0 Å². The van der Waals surface area contributed by atoms with Crippen LogP contribution in [0.5, 0.6) is 0 Å². The SMILES string of the molecule is CN(C)S(=O)(=O)NC1CCc2c(c3ccccc3n2C)C1. The lowest BCUT2D eigenvalue weighted by Gasteiger charge is -2.25. The minimum atomic E-state index is -3.37. The second kappa shape index (κ2) is 5.12. The van der Waals surface area contributed by atoms with E-state index >= 15 is 0 Å². The first kappa shape index (κ1) is 14.6. The molecule has 3 rings (SSSR count). The van der Waals surface area contributed by atoms with E-state index in [0.717, 1.165) is 19.3 Å². The molecule has 1 aromatic heterocycles. The van der Waals surface area contributed by atoms with Crippen molar-refractivity contribution in [2.24, 2.45) is 7.05 Å². The van der Waals surface area contributed by atoms with Crippen LogP contribution in [-0.2, 0) is 30.1 Å². The molecule has 5 nitrogen and oxygen atoms in total. The molecule has 21 heavy (non-hydrogen) atoms. The highest BCUT2D eigenvalue weighted by atomic mass is 32.2. The van der Waals surface area contributed by atoms with Gasteiger partial charge in [0.1, 0.15) is 0 Å². The van der Waals surface area contributed by atoms with Crippen LogP contribution in [-0.4, -0.2) is 37.4 Å². The second-order valence-electron chi connectivity index (χ2n) is 5.85. The Bertz CT molecular complexity index is 778. The van der Waals surface area contributed by atoms with Gasteiger partial charge in [0.25, 0.3) is 10.2 Å². The van der Waals surface area contributed by atoms with Crippen LogP contribution in [0.25, 0.3) is 10.9 Å². The van der Waals surface area contributed by atoms with Gasteiger partial charge < -0.3 is 4.57 Å². The van der Waals surface area contributed by atoms with Gasteiger partial charge in [-0.15, -0.1) is 0 Å². The summed E-state index contributed by atoms with van der Waals surface area (Å²) in [4.78, 5) is 0. The van der Waals surface area contributed by atoms with Gasteiger partial charge in [0.05, 0.1) is 0 Å². The predicted octanol–water partition coefficient (Wildman–Crippen LogP) is 1.43. The van der Waals surface area contributed by atoms with Crippen LogP contribution in [0.3, 0.4) is 0 Å². The third-order valence-corrected chi connectivity index (χ3v) is 5.91. The predicted molar refractivity (Wildman–Crippen MR) is 84.5 cm³/mol. The first-order chi connectivity index (χ1) is 9.90. The minimum absolute atomic E-state index is 0.0318. The monoisotopic (exact) mass is 307 g/mol. The maximum absolute atomic E-state index is 12.0. The summed E-state index contributed by atoms with van der Waals surface area (Å²) in [5.74, 6) is 0. The number of fused-ring (bicyclic) bond motifs is 3. The number of rotatable bonds is 3. The van der Waals surface area contributed by atoms with E-state index in [4.69, 9.17) is 0 Å². The summed E-state index contributed by atoms with van der Waals surface area (Å²) in [6.07, 6.45) is 2.50. The highest BCUT2D eigenvalue weighted by molar-refractivity contribution is 7.87. The van der Waals surface area contributed by atoms with Gasteiger partial charge in [-0.25, -0.2) is 0 Å². The number of benzene rings is 1. The molecule has 1 aliphatic carbocycles. The Hall–Kier alpha value is -1.37. The Labute approximate surface area is 125 Å². The van der Waals surface area contributed by atoms with Crippen molar-refractivity contribution in [3.8, 4) is 0 Å². The number of hydrogen-bond donors (Lipinski definition) is 1. The van der Waals surface area contributed by atoms with Crippen LogP contribution in [0.1, 0.15) is 17.7 Å². The van der Waals surface area contributed by atoms with Crippen LogP contribution in [0, 0.1) is 0 Å². The fourth-order valence-corrected chi connectivity index (χ4v) is 3.98. The van der Waals surface area contributed by atoms with Crippen molar-refractivity contribution in [2.75, 3.05) is 14.1 Å². The minimum Gasteiger partial charge on any atom is -0.347 e. The number of aromatic nitrogens is 1. The topological polar surface area (TPSA) is 54.3 Å². The average molecular weight is 307 g/mol. The van der Waals surface area contributed by atoms with Gasteiger partial charge >= 0.3 is 0 Å². The number of nitrogens with zero attached hydrogens (tertiary/aromatic N) is 2. The van der Waals surface area contributed by atoms with Crippen molar-refractivity contribution in [3.05, 3.63) is 35.5 Å². The molecule has 1 aromatic carbocycles. The first-order valence-corrected chi connectivity index (χ1v) is 8.59. The van der Waals surface area contributed by atoms with Gasteiger partial charge in [-0.3, -0.25) is 0 Å². The standard InChI is InChI=1S/C15H21N3O2S/c1-17(2)21(19,20)16-11-8-9-15-13(10-11)12-6-4-5-7-14(12)18(15)3/h4-7,11,16H,8-10H2,1-3H3. The molecule has 0 spiro atoms. The summed E-state index contributed by atoms with van der Waals surface area (Å²) in [7, 11) is 1.82. The quantitative estimate of drug-likeness (QED) is 0.933. The third kappa shape index (κ3) is 2.47. The normalized spacial score (nSPS) is 19.1. The van der Waals surface area contributed by atoms with E-state index in [1.165, 1.54) is 26.5 Å². The van der Waals surface area contributed by atoms with Gasteiger partial charge in [-0.1, -0.05) is 18.2 Å². The molecule has 0 saturated carbocycles. The highest BCUT2D eigenvalue weighted by Crippen LogP contribution is 2.31. The number of para-hydroxylation sites is 1. The first-order valence-electron chi connectivity index (χ1n) is 7.15. The zero-order chi connectivity index (χ0) is 15.2. The van der Waals surface area contributed by atoms with Crippen LogP contribution in [0.2, 0.25) is 0 Å². The molecule has 114 valence electrons. The van der Waals surface area contributed by atoms with Crippen LogP contribution in [0.15, 0.2) is 24.3 Å². The van der Waals surface area contributed by atoms with Crippen molar-refractivity contribution >= 4 is 21.1 Å². The number of aryl methyl sites for hydroxylation is 1. The summed E-state index contributed by atoms with van der Waals surface area (Å²) in [6, 6.07) is 8.29. The molecule has 1 atom stereocenters. The van der Waals surface area contributed by atoms with Crippen molar-refractivity contribution in [1.29, 1.82) is 0 Å². The summed E-state index contributed by atoms with van der Waals surface area (Å²) in [6.45, 7) is 0. The highest BCUT2D eigenvalue weighted by Gasteiger charge is 2.27. The fourth-order valence-electron chi connectivity index (χ4n) is 3.15. The molecule has 6 heteroatoms. The van der Waals surface area contributed by atoms with E-state index in [0.29, 0.717) is 0 Å². The number of nitrogens with one attached hydrogen (secondary N) is 1. The third-order valence-electron chi connectivity index (χ3n) is 4.32. The Kier molecular flexibility index (Phi) is 3.55. The summed E-state index contributed by atoms with van der Waals surface area (Å²) >= 11 is 0.